The number of amides is 3. The third-order valence-corrected chi connectivity index (χ3v) is 4.43. The molecule has 0 saturated carbocycles. The summed E-state index contributed by atoms with van der Waals surface area (Å²) < 4.78 is 1.81. The summed E-state index contributed by atoms with van der Waals surface area (Å²) in [5.41, 5.74) is 4.70. The first-order valence-electron chi connectivity index (χ1n) is 8.97. The van der Waals surface area contributed by atoms with Crippen molar-refractivity contribution in [1.82, 2.24) is 20.4 Å². The smallest absolute Gasteiger partial charge is 0.319 e. The van der Waals surface area contributed by atoms with Crippen LogP contribution in [0.3, 0.4) is 0 Å². The van der Waals surface area contributed by atoms with Crippen LogP contribution in [0.15, 0.2) is 54.6 Å². The molecule has 1 heterocycles. The minimum atomic E-state index is -0.311. The normalized spacial score (nSPS) is 10.4. The van der Waals surface area contributed by atoms with Gasteiger partial charge in [0.2, 0.25) is 0 Å². The number of hydrogen-bond donors (Lipinski definition) is 3. The van der Waals surface area contributed by atoms with E-state index in [0.717, 1.165) is 22.6 Å². The first kappa shape index (κ1) is 19.2. The molecule has 7 heteroatoms. The van der Waals surface area contributed by atoms with Gasteiger partial charge in [-0.15, -0.1) is 0 Å². The maximum Gasteiger partial charge on any atom is 0.319 e. The average Bonchev–Trinajstić information content (AvgIpc) is 3.01. The van der Waals surface area contributed by atoms with Crippen LogP contribution in [0.2, 0.25) is 0 Å². The molecule has 3 aromatic rings. The van der Waals surface area contributed by atoms with Gasteiger partial charge >= 0.3 is 6.03 Å². The highest BCUT2D eigenvalue weighted by atomic mass is 16.2. The molecular formula is C21H23N5O2. The van der Waals surface area contributed by atoms with Crippen LogP contribution in [0.25, 0.3) is 5.69 Å². The number of anilines is 1. The van der Waals surface area contributed by atoms with Gasteiger partial charge in [-0.1, -0.05) is 30.3 Å². The van der Waals surface area contributed by atoms with E-state index in [-0.39, 0.29) is 11.9 Å². The van der Waals surface area contributed by atoms with Crippen LogP contribution in [0.1, 0.15) is 27.3 Å². The molecule has 0 radical (unpaired) electrons. The summed E-state index contributed by atoms with van der Waals surface area (Å²) in [7, 11) is 1.59. The van der Waals surface area contributed by atoms with Crippen molar-refractivity contribution in [2.45, 2.75) is 20.4 Å². The second-order valence-corrected chi connectivity index (χ2v) is 6.38. The predicted molar refractivity (Wildman–Crippen MR) is 109 cm³/mol. The topological polar surface area (TPSA) is 88.1 Å². The molecule has 0 atom stereocenters. The monoisotopic (exact) mass is 377 g/mol. The number of carbonyl (C=O) groups is 2. The molecule has 1 aromatic heterocycles. The zero-order valence-electron chi connectivity index (χ0n) is 16.1. The Hall–Kier alpha value is -3.61. The first-order chi connectivity index (χ1) is 13.5. The number of aromatic nitrogens is 2. The van der Waals surface area contributed by atoms with Crippen LogP contribution in [0, 0.1) is 13.8 Å². The Morgan fingerprint density at radius 2 is 1.68 bits per heavy atom. The average molecular weight is 377 g/mol. The van der Waals surface area contributed by atoms with Gasteiger partial charge in [0.05, 0.1) is 22.8 Å². The Kier molecular flexibility index (Phi) is 5.74. The van der Waals surface area contributed by atoms with Gasteiger partial charge in [0, 0.05) is 19.2 Å². The zero-order chi connectivity index (χ0) is 20.1. The fraction of sp³-hybridized carbons (Fsp3) is 0.190. The number of nitrogens with zero attached hydrogens (tertiary/aromatic N) is 2. The molecule has 0 aliphatic rings. The number of para-hydroxylation sites is 1. The van der Waals surface area contributed by atoms with E-state index in [9.17, 15) is 9.59 Å². The Morgan fingerprint density at radius 3 is 2.32 bits per heavy atom. The molecule has 3 amide bonds. The lowest BCUT2D eigenvalue weighted by atomic mass is 10.1. The van der Waals surface area contributed by atoms with E-state index in [2.05, 4.69) is 21.0 Å². The second-order valence-electron chi connectivity index (χ2n) is 6.38. The van der Waals surface area contributed by atoms with E-state index in [1.54, 1.807) is 19.2 Å². The van der Waals surface area contributed by atoms with Gasteiger partial charge in [0.1, 0.15) is 0 Å². The maximum atomic E-state index is 12.3. The Balaban J connectivity index is 1.64. The van der Waals surface area contributed by atoms with Crippen molar-refractivity contribution in [2.75, 3.05) is 12.4 Å². The Labute approximate surface area is 163 Å². The summed E-state index contributed by atoms with van der Waals surface area (Å²) >= 11 is 0. The Bertz CT molecular complexity index is 978. The van der Waals surface area contributed by atoms with Crippen molar-refractivity contribution in [3.05, 3.63) is 77.1 Å². The quantitative estimate of drug-likeness (QED) is 0.638. The molecular weight excluding hydrogens is 354 g/mol. The van der Waals surface area contributed by atoms with Crippen LogP contribution in [-0.2, 0) is 6.54 Å². The molecule has 28 heavy (non-hydrogen) atoms. The molecule has 0 aliphatic heterocycles. The number of carbonyl (C=O) groups excluding carboxylic acids is 2. The van der Waals surface area contributed by atoms with E-state index in [4.69, 9.17) is 0 Å². The maximum absolute atomic E-state index is 12.3. The molecule has 7 nitrogen and oxygen atoms in total. The van der Waals surface area contributed by atoms with Crippen molar-refractivity contribution in [3.8, 4) is 5.69 Å². The molecule has 2 aromatic carbocycles. The lowest BCUT2D eigenvalue weighted by molar-refractivity contribution is 0.0963. The van der Waals surface area contributed by atoms with Crippen LogP contribution in [0.5, 0.6) is 0 Å². The Morgan fingerprint density at radius 1 is 1.00 bits per heavy atom. The van der Waals surface area contributed by atoms with E-state index in [1.807, 2.05) is 61.0 Å². The minimum absolute atomic E-state index is 0.140. The molecule has 144 valence electrons. The number of benzene rings is 2. The number of rotatable bonds is 5. The summed E-state index contributed by atoms with van der Waals surface area (Å²) in [6.07, 6.45) is 0. The van der Waals surface area contributed by atoms with Crippen LogP contribution in [0.4, 0.5) is 10.5 Å². The zero-order valence-corrected chi connectivity index (χ0v) is 16.1. The van der Waals surface area contributed by atoms with Gasteiger partial charge in [-0.05, 0) is 43.7 Å². The van der Waals surface area contributed by atoms with Gasteiger partial charge in [-0.2, -0.15) is 5.10 Å². The van der Waals surface area contributed by atoms with Crippen LogP contribution < -0.4 is 16.0 Å². The molecule has 3 rings (SSSR count). The van der Waals surface area contributed by atoms with E-state index < -0.39 is 0 Å². The van der Waals surface area contributed by atoms with E-state index in [1.165, 1.54) is 0 Å². The van der Waals surface area contributed by atoms with Gasteiger partial charge in [0.25, 0.3) is 5.91 Å². The fourth-order valence-corrected chi connectivity index (χ4v) is 2.90. The summed E-state index contributed by atoms with van der Waals surface area (Å²) in [5.74, 6) is -0.140. The molecule has 0 spiro atoms. The van der Waals surface area contributed by atoms with Crippen molar-refractivity contribution in [2.24, 2.45) is 0 Å². The highest BCUT2D eigenvalue weighted by Crippen LogP contribution is 2.22. The number of hydrogen-bond acceptors (Lipinski definition) is 3. The second kappa shape index (κ2) is 8.39. The number of urea groups is 1. The summed E-state index contributed by atoms with van der Waals surface area (Å²) in [6, 6.07) is 16.5. The van der Waals surface area contributed by atoms with E-state index >= 15 is 0 Å². The predicted octanol–water partition coefficient (Wildman–Crippen LogP) is 3.17. The van der Waals surface area contributed by atoms with Crippen molar-refractivity contribution >= 4 is 17.6 Å². The van der Waals surface area contributed by atoms with Crippen molar-refractivity contribution in [1.29, 1.82) is 0 Å². The molecule has 0 bridgehead atoms. The van der Waals surface area contributed by atoms with Gasteiger partial charge < -0.3 is 16.0 Å². The number of nitrogens with one attached hydrogen (secondary N) is 3. The fourth-order valence-electron chi connectivity index (χ4n) is 2.90. The lowest BCUT2D eigenvalue weighted by Crippen LogP contribution is -2.28. The number of aryl methyl sites for hydroxylation is 1. The largest absolute Gasteiger partial charge is 0.355 e. The van der Waals surface area contributed by atoms with Gasteiger partial charge in [0.15, 0.2) is 0 Å². The third kappa shape index (κ3) is 4.20. The summed E-state index contributed by atoms with van der Waals surface area (Å²) in [5, 5.41) is 12.8. The van der Waals surface area contributed by atoms with Crippen LogP contribution in [-0.4, -0.2) is 28.8 Å². The van der Waals surface area contributed by atoms with Gasteiger partial charge in [-0.3, -0.25) is 4.79 Å². The molecule has 0 saturated heterocycles. The highest BCUT2D eigenvalue weighted by Gasteiger charge is 2.15. The standard InChI is InChI=1S/C21H23N5O2/c1-14-19(15(2)26(25-14)18-7-5-4-6-8-18)24-21(28)23-13-16-9-11-17(12-10-16)20(27)22-3/h4-12H,13H2,1-3H3,(H,22,27)(H2,23,24,28). The molecule has 3 N–H and O–H groups in total. The van der Waals surface area contributed by atoms with Gasteiger partial charge in [-0.25, -0.2) is 9.48 Å². The summed E-state index contributed by atoms with van der Waals surface area (Å²) in [6.45, 7) is 4.13. The minimum Gasteiger partial charge on any atom is -0.355 e. The summed E-state index contributed by atoms with van der Waals surface area (Å²) in [4.78, 5) is 23.9. The molecule has 0 fully saturated rings. The third-order valence-electron chi connectivity index (χ3n) is 4.43. The SMILES string of the molecule is CNC(=O)c1ccc(CNC(=O)Nc2c(C)nn(-c3ccccc3)c2C)cc1. The first-order valence-corrected chi connectivity index (χ1v) is 8.97. The lowest BCUT2D eigenvalue weighted by Gasteiger charge is -2.09. The van der Waals surface area contributed by atoms with Crippen LogP contribution >= 0.6 is 0 Å². The van der Waals surface area contributed by atoms with E-state index in [0.29, 0.717) is 17.8 Å². The highest BCUT2D eigenvalue weighted by molar-refractivity contribution is 5.94. The van der Waals surface area contributed by atoms with Crippen molar-refractivity contribution < 1.29 is 9.59 Å². The molecule has 0 unspecified atom stereocenters. The molecule has 0 aliphatic carbocycles. The van der Waals surface area contributed by atoms with Crippen molar-refractivity contribution in [3.63, 3.8) is 0 Å².